The average Bonchev–Trinajstić information content (AvgIpc) is 2.94. The molecule has 120 valence electrons. The average molecular weight is 328 g/mol. The molecule has 0 fully saturated rings. The van der Waals surface area contributed by atoms with Gasteiger partial charge in [-0.3, -0.25) is 4.98 Å². The summed E-state index contributed by atoms with van der Waals surface area (Å²) in [5.74, 6) is 0. The molecule has 0 bridgehead atoms. The Morgan fingerprint density at radius 2 is 2.09 bits per heavy atom. The number of para-hydroxylation sites is 1. The molecule has 2 heterocycles. The van der Waals surface area contributed by atoms with Gasteiger partial charge in [-0.2, -0.15) is 0 Å². The number of halogens is 1. The summed E-state index contributed by atoms with van der Waals surface area (Å²) in [4.78, 5) is 7.73. The standard InChI is InChI=1S/C19H22ClN3/c1-2-13-6-5-8-14-15(7-3-4-10-21)19(23-18(13)14)16-9-11-22-12-17(16)20/h5-6,8-9,11-12,23H,2-4,7,10,21H2,1H3. The Morgan fingerprint density at radius 1 is 1.22 bits per heavy atom. The Bertz CT molecular complexity index is 807. The second-order valence-corrected chi connectivity index (χ2v) is 6.18. The van der Waals surface area contributed by atoms with Gasteiger partial charge in [0, 0.05) is 28.9 Å². The summed E-state index contributed by atoms with van der Waals surface area (Å²) in [6, 6.07) is 8.49. The van der Waals surface area contributed by atoms with Crippen molar-refractivity contribution >= 4 is 22.5 Å². The predicted octanol–water partition coefficient (Wildman–Crippen LogP) is 4.73. The number of H-pyrrole nitrogens is 1. The topological polar surface area (TPSA) is 54.7 Å². The van der Waals surface area contributed by atoms with Crippen LogP contribution in [-0.2, 0) is 12.8 Å². The van der Waals surface area contributed by atoms with Crippen LogP contribution in [0.3, 0.4) is 0 Å². The van der Waals surface area contributed by atoms with E-state index in [2.05, 4.69) is 35.1 Å². The first-order valence-electron chi connectivity index (χ1n) is 8.18. The summed E-state index contributed by atoms with van der Waals surface area (Å²) in [6.45, 7) is 2.91. The van der Waals surface area contributed by atoms with Crippen molar-refractivity contribution in [2.45, 2.75) is 32.6 Å². The van der Waals surface area contributed by atoms with Crippen molar-refractivity contribution in [2.75, 3.05) is 6.54 Å². The summed E-state index contributed by atoms with van der Waals surface area (Å²) >= 11 is 6.39. The van der Waals surface area contributed by atoms with E-state index in [1.807, 2.05) is 6.07 Å². The minimum absolute atomic E-state index is 0.678. The number of aromatic amines is 1. The Hall–Kier alpha value is -1.84. The van der Waals surface area contributed by atoms with E-state index in [0.717, 1.165) is 43.5 Å². The van der Waals surface area contributed by atoms with Gasteiger partial charge in [0.15, 0.2) is 0 Å². The molecule has 0 aliphatic heterocycles. The Labute approximate surface area is 141 Å². The van der Waals surface area contributed by atoms with Crippen LogP contribution in [0.4, 0.5) is 0 Å². The van der Waals surface area contributed by atoms with Crippen LogP contribution in [0, 0.1) is 0 Å². The number of aromatic nitrogens is 2. The van der Waals surface area contributed by atoms with E-state index in [9.17, 15) is 0 Å². The smallest absolute Gasteiger partial charge is 0.0682 e. The van der Waals surface area contributed by atoms with E-state index in [1.54, 1.807) is 12.4 Å². The van der Waals surface area contributed by atoms with Crippen LogP contribution in [0.5, 0.6) is 0 Å². The number of fused-ring (bicyclic) bond motifs is 1. The fourth-order valence-electron chi connectivity index (χ4n) is 3.14. The molecule has 3 nitrogen and oxygen atoms in total. The number of unbranched alkanes of at least 4 members (excludes halogenated alkanes) is 1. The highest BCUT2D eigenvalue weighted by atomic mass is 35.5. The van der Waals surface area contributed by atoms with Gasteiger partial charge in [-0.1, -0.05) is 36.7 Å². The first kappa shape index (κ1) is 16.0. The molecular weight excluding hydrogens is 306 g/mol. The van der Waals surface area contributed by atoms with E-state index in [4.69, 9.17) is 17.3 Å². The van der Waals surface area contributed by atoms with Crippen molar-refractivity contribution in [1.29, 1.82) is 0 Å². The lowest BCUT2D eigenvalue weighted by molar-refractivity contribution is 0.748. The number of aryl methyl sites for hydroxylation is 2. The zero-order valence-corrected chi connectivity index (χ0v) is 14.2. The van der Waals surface area contributed by atoms with Crippen molar-refractivity contribution in [1.82, 2.24) is 9.97 Å². The van der Waals surface area contributed by atoms with Crippen molar-refractivity contribution in [3.05, 3.63) is 52.8 Å². The summed E-state index contributed by atoms with van der Waals surface area (Å²) in [6.07, 6.45) is 7.60. The van der Waals surface area contributed by atoms with Gasteiger partial charge in [0.25, 0.3) is 0 Å². The predicted molar refractivity (Wildman–Crippen MR) is 97.9 cm³/mol. The van der Waals surface area contributed by atoms with Crippen molar-refractivity contribution < 1.29 is 0 Å². The van der Waals surface area contributed by atoms with Gasteiger partial charge in [-0.15, -0.1) is 0 Å². The number of benzene rings is 1. The van der Waals surface area contributed by atoms with Crippen LogP contribution in [0.25, 0.3) is 22.2 Å². The highest BCUT2D eigenvalue weighted by Crippen LogP contribution is 2.36. The molecule has 0 spiro atoms. The minimum Gasteiger partial charge on any atom is -0.354 e. The summed E-state index contributed by atoms with van der Waals surface area (Å²) < 4.78 is 0. The second kappa shape index (κ2) is 7.16. The van der Waals surface area contributed by atoms with E-state index >= 15 is 0 Å². The molecule has 0 aliphatic carbocycles. The molecule has 0 unspecified atom stereocenters. The fraction of sp³-hybridized carbons (Fsp3) is 0.316. The lowest BCUT2D eigenvalue weighted by atomic mass is 9.99. The third kappa shape index (κ3) is 3.12. The maximum absolute atomic E-state index is 6.39. The van der Waals surface area contributed by atoms with Gasteiger partial charge in [-0.25, -0.2) is 0 Å². The number of hydrogen-bond acceptors (Lipinski definition) is 2. The normalized spacial score (nSPS) is 11.3. The van der Waals surface area contributed by atoms with E-state index in [0.29, 0.717) is 5.02 Å². The molecule has 0 amide bonds. The lowest BCUT2D eigenvalue weighted by Crippen LogP contribution is -1.99. The van der Waals surface area contributed by atoms with Crippen molar-refractivity contribution in [2.24, 2.45) is 5.73 Å². The SMILES string of the molecule is CCc1cccc2c(CCCCN)c(-c3ccncc3Cl)[nH]c12. The van der Waals surface area contributed by atoms with Gasteiger partial charge in [-0.05, 0) is 49.4 Å². The first-order valence-corrected chi connectivity index (χ1v) is 8.56. The number of hydrogen-bond donors (Lipinski definition) is 2. The molecule has 0 aliphatic rings. The third-order valence-corrected chi connectivity index (χ3v) is 4.63. The van der Waals surface area contributed by atoms with E-state index in [1.165, 1.54) is 22.0 Å². The first-order chi connectivity index (χ1) is 11.3. The number of nitrogens with one attached hydrogen (secondary N) is 1. The molecule has 1 aromatic carbocycles. The summed E-state index contributed by atoms with van der Waals surface area (Å²) in [7, 11) is 0. The molecule has 0 atom stereocenters. The van der Waals surface area contributed by atoms with Gasteiger partial charge in [0.1, 0.15) is 0 Å². The third-order valence-electron chi connectivity index (χ3n) is 4.33. The molecule has 3 N–H and O–H groups in total. The Balaban J connectivity index is 2.19. The molecule has 0 saturated carbocycles. The molecule has 0 saturated heterocycles. The van der Waals surface area contributed by atoms with Crippen molar-refractivity contribution in [3.8, 4) is 11.3 Å². The molecule has 2 aromatic heterocycles. The lowest BCUT2D eigenvalue weighted by Gasteiger charge is -2.06. The molecule has 0 radical (unpaired) electrons. The van der Waals surface area contributed by atoms with Gasteiger partial charge < -0.3 is 10.7 Å². The molecule has 4 heteroatoms. The Morgan fingerprint density at radius 3 is 2.83 bits per heavy atom. The van der Waals surface area contributed by atoms with Crippen molar-refractivity contribution in [3.63, 3.8) is 0 Å². The van der Waals surface area contributed by atoms with Crippen LogP contribution in [-0.4, -0.2) is 16.5 Å². The fourth-order valence-corrected chi connectivity index (χ4v) is 3.36. The van der Waals surface area contributed by atoms with E-state index < -0.39 is 0 Å². The largest absolute Gasteiger partial charge is 0.354 e. The summed E-state index contributed by atoms with van der Waals surface area (Å²) in [5.41, 5.74) is 11.7. The van der Waals surface area contributed by atoms with Crippen LogP contribution in [0.15, 0.2) is 36.7 Å². The monoisotopic (exact) mass is 327 g/mol. The zero-order chi connectivity index (χ0) is 16.2. The van der Waals surface area contributed by atoms with E-state index in [-0.39, 0.29) is 0 Å². The second-order valence-electron chi connectivity index (χ2n) is 5.77. The quantitative estimate of drug-likeness (QED) is 0.643. The molecule has 3 aromatic rings. The van der Waals surface area contributed by atoms with Gasteiger partial charge in [0.2, 0.25) is 0 Å². The van der Waals surface area contributed by atoms with Crippen LogP contribution in [0.2, 0.25) is 5.02 Å². The van der Waals surface area contributed by atoms with Gasteiger partial charge in [0.05, 0.1) is 10.7 Å². The number of nitrogens with two attached hydrogens (primary N) is 1. The molecule has 23 heavy (non-hydrogen) atoms. The minimum atomic E-state index is 0.678. The summed E-state index contributed by atoms with van der Waals surface area (Å²) in [5, 5.41) is 1.97. The van der Waals surface area contributed by atoms with Crippen LogP contribution in [0.1, 0.15) is 30.9 Å². The number of nitrogens with zero attached hydrogens (tertiary/aromatic N) is 1. The highest BCUT2D eigenvalue weighted by Gasteiger charge is 2.16. The number of rotatable bonds is 6. The van der Waals surface area contributed by atoms with Crippen LogP contribution >= 0.6 is 11.6 Å². The van der Waals surface area contributed by atoms with Gasteiger partial charge >= 0.3 is 0 Å². The molecular formula is C19H22ClN3. The zero-order valence-electron chi connectivity index (χ0n) is 13.4. The maximum Gasteiger partial charge on any atom is 0.0682 e. The highest BCUT2D eigenvalue weighted by molar-refractivity contribution is 6.33. The Kier molecular flexibility index (Phi) is 4.99. The number of pyridine rings is 1. The molecule has 3 rings (SSSR count). The van der Waals surface area contributed by atoms with Crippen LogP contribution < -0.4 is 5.73 Å². The maximum atomic E-state index is 6.39.